The van der Waals surface area contributed by atoms with Crippen LogP contribution in [0.5, 0.6) is 5.75 Å². The molecule has 0 spiro atoms. The van der Waals surface area contributed by atoms with Gasteiger partial charge in [-0.15, -0.1) is 0 Å². The molecule has 0 aliphatic carbocycles. The van der Waals surface area contributed by atoms with Crippen LogP contribution in [0.25, 0.3) is 0 Å². The molecule has 1 aliphatic rings. The van der Waals surface area contributed by atoms with Gasteiger partial charge in [0.15, 0.2) is 0 Å². The molecule has 1 atom stereocenters. The first kappa shape index (κ1) is 12.4. The minimum Gasteiger partial charge on any atom is -0.494 e. The summed E-state index contributed by atoms with van der Waals surface area (Å²) in [6, 6.07) is 8.36. The second-order valence-electron chi connectivity index (χ2n) is 4.48. The Kier molecular flexibility index (Phi) is 4.83. The molecule has 3 nitrogen and oxygen atoms in total. The highest BCUT2D eigenvalue weighted by molar-refractivity contribution is 5.31. The molecular formula is C14H21NO2. The predicted molar refractivity (Wildman–Crippen MR) is 68.4 cm³/mol. The third-order valence-corrected chi connectivity index (χ3v) is 3.11. The van der Waals surface area contributed by atoms with Crippen molar-refractivity contribution < 1.29 is 9.47 Å². The van der Waals surface area contributed by atoms with Crippen molar-refractivity contribution in [2.24, 2.45) is 5.73 Å². The number of hydrogen-bond donors (Lipinski definition) is 1. The van der Waals surface area contributed by atoms with Crippen LogP contribution in [0.1, 0.15) is 30.7 Å². The van der Waals surface area contributed by atoms with Crippen LogP contribution in [0, 0.1) is 0 Å². The Morgan fingerprint density at radius 3 is 3.12 bits per heavy atom. The third-order valence-electron chi connectivity index (χ3n) is 3.11. The lowest BCUT2D eigenvalue weighted by Gasteiger charge is -2.22. The van der Waals surface area contributed by atoms with Crippen molar-refractivity contribution in [3.8, 4) is 5.75 Å². The van der Waals surface area contributed by atoms with Crippen LogP contribution in [0.3, 0.4) is 0 Å². The van der Waals surface area contributed by atoms with Crippen molar-refractivity contribution in [2.45, 2.75) is 25.2 Å². The van der Waals surface area contributed by atoms with Gasteiger partial charge in [0.1, 0.15) is 5.75 Å². The molecule has 1 heterocycles. The van der Waals surface area contributed by atoms with Crippen molar-refractivity contribution in [2.75, 3.05) is 26.4 Å². The summed E-state index contributed by atoms with van der Waals surface area (Å²) in [4.78, 5) is 0. The SMILES string of the molecule is NCCCOc1cccc(C2CCCOC2)c1. The highest BCUT2D eigenvalue weighted by atomic mass is 16.5. The lowest BCUT2D eigenvalue weighted by molar-refractivity contribution is 0.0804. The minimum absolute atomic E-state index is 0.529. The highest BCUT2D eigenvalue weighted by Gasteiger charge is 2.16. The van der Waals surface area contributed by atoms with Crippen molar-refractivity contribution in [1.82, 2.24) is 0 Å². The van der Waals surface area contributed by atoms with Gasteiger partial charge in [0.05, 0.1) is 13.2 Å². The van der Waals surface area contributed by atoms with E-state index in [0.29, 0.717) is 19.1 Å². The standard InChI is InChI=1S/C14H21NO2/c15-7-3-9-17-14-6-1-4-12(10-14)13-5-2-8-16-11-13/h1,4,6,10,13H,2-3,5,7-9,11,15H2. The van der Waals surface area contributed by atoms with Crippen LogP contribution < -0.4 is 10.5 Å². The fourth-order valence-electron chi connectivity index (χ4n) is 2.14. The molecule has 1 aromatic carbocycles. The second kappa shape index (κ2) is 6.62. The molecule has 1 aromatic rings. The van der Waals surface area contributed by atoms with Crippen LogP contribution >= 0.6 is 0 Å². The highest BCUT2D eigenvalue weighted by Crippen LogP contribution is 2.27. The summed E-state index contributed by atoms with van der Waals surface area (Å²) in [6.45, 7) is 3.12. The molecule has 3 heteroatoms. The third kappa shape index (κ3) is 3.72. The molecule has 2 rings (SSSR count). The number of hydrogen-bond acceptors (Lipinski definition) is 3. The second-order valence-corrected chi connectivity index (χ2v) is 4.48. The van der Waals surface area contributed by atoms with Gasteiger partial charge >= 0.3 is 0 Å². The van der Waals surface area contributed by atoms with E-state index < -0.39 is 0 Å². The number of nitrogens with two attached hydrogens (primary N) is 1. The van der Waals surface area contributed by atoms with E-state index in [0.717, 1.165) is 31.8 Å². The zero-order valence-corrected chi connectivity index (χ0v) is 10.2. The summed E-state index contributed by atoms with van der Waals surface area (Å²) in [6.07, 6.45) is 3.27. The quantitative estimate of drug-likeness (QED) is 0.796. The minimum atomic E-state index is 0.529. The van der Waals surface area contributed by atoms with Gasteiger partial charge in [0.2, 0.25) is 0 Å². The van der Waals surface area contributed by atoms with E-state index in [9.17, 15) is 0 Å². The Bertz CT molecular complexity index is 335. The van der Waals surface area contributed by atoms with E-state index >= 15 is 0 Å². The van der Waals surface area contributed by atoms with Crippen molar-refractivity contribution in [3.63, 3.8) is 0 Å². The summed E-state index contributed by atoms with van der Waals surface area (Å²) in [5, 5.41) is 0. The van der Waals surface area contributed by atoms with E-state index in [1.807, 2.05) is 6.07 Å². The van der Waals surface area contributed by atoms with E-state index in [1.165, 1.54) is 12.0 Å². The monoisotopic (exact) mass is 235 g/mol. The van der Waals surface area contributed by atoms with Gasteiger partial charge in [-0.3, -0.25) is 0 Å². The molecule has 94 valence electrons. The molecule has 0 bridgehead atoms. The van der Waals surface area contributed by atoms with Gasteiger partial charge in [0, 0.05) is 12.5 Å². The normalized spacial score (nSPS) is 20.2. The smallest absolute Gasteiger partial charge is 0.119 e. The van der Waals surface area contributed by atoms with Crippen molar-refractivity contribution in [1.29, 1.82) is 0 Å². The molecule has 1 unspecified atom stereocenters. The van der Waals surface area contributed by atoms with E-state index in [4.69, 9.17) is 15.2 Å². The van der Waals surface area contributed by atoms with Gasteiger partial charge in [-0.1, -0.05) is 12.1 Å². The molecule has 0 aromatic heterocycles. The molecule has 1 saturated heterocycles. The summed E-state index contributed by atoms with van der Waals surface area (Å²) in [5.41, 5.74) is 6.77. The molecule has 1 aliphatic heterocycles. The molecule has 2 N–H and O–H groups in total. The van der Waals surface area contributed by atoms with Gasteiger partial charge < -0.3 is 15.2 Å². The predicted octanol–water partition coefficient (Wildman–Crippen LogP) is 2.31. The van der Waals surface area contributed by atoms with Gasteiger partial charge in [0.25, 0.3) is 0 Å². The average molecular weight is 235 g/mol. The largest absolute Gasteiger partial charge is 0.494 e. The van der Waals surface area contributed by atoms with E-state index in [2.05, 4.69) is 18.2 Å². The Labute approximate surface area is 103 Å². The maximum absolute atomic E-state index is 5.66. The van der Waals surface area contributed by atoms with Gasteiger partial charge in [-0.25, -0.2) is 0 Å². The van der Waals surface area contributed by atoms with Crippen LogP contribution in [-0.4, -0.2) is 26.4 Å². The fourth-order valence-corrected chi connectivity index (χ4v) is 2.14. The zero-order chi connectivity index (χ0) is 11.9. The Hall–Kier alpha value is -1.06. The lowest BCUT2D eigenvalue weighted by atomic mass is 9.93. The summed E-state index contributed by atoms with van der Waals surface area (Å²) in [5.74, 6) is 1.48. The van der Waals surface area contributed by atoms with Gasteiger partial charge in [-0.2, -0.15) is 0 Å². The van der Waals surface area contributed by atoms with Crippen LogP contribution in [0.4, 0.5) is 0 Å². The fraction of sp³-hybridized carbons (Fsp3) is 0.571. The van der Waals surface area contributed by atoms with Gasteiger partial charge in [-0.05, 0) is 43.5 Å². The maximum atomic E-state index is 5.66. The molecule has 0 radical (unpaired) electrons. The Morgan fingerprint density at radius 2 is 2.35 bits per heavy atom. The van der Waals surface area contributed by atoms with Crippen LogP contribution in [-0.2, 0) is 4.74 Å². The molecule has 0 saturated carbocycles. The summed E-state index contributed by atoms with van der Waals surface area (Å²) >= 11 is 0. The van der Waals surface area contributed by atoms with Crippen molar-refractivity contribution >= 4 is 0 Å². The lowest BCUT2D eigenvalue weighted by Crippen LogP contribution is -2.15. The first-order chi connectivity index (χ1) is 8.40. The van der Waals surface area contributed by atoms with Crippen LogP contribution in [0.15, 0.2) is 24.3 Å². The Balaban J connectivity index is 1.95. The average Bonchev–Trinajstić information content (AvgIpc) is 2.41. The summed E-state index contributed by atoms with van der Waals surface area (Å²) < 4.78 is 11.2. The molecule has 17 heavy (non-hydrogen) atoms. The zero-order valence-electron chi connectivity index (χ0n) is 10.2. The topological polar surface area (TPSA) is 44.5 Å². The number of benzene rings is 1. The number of rotatable bonds is 5. The molecule has 0 amide bonds. The van der Waals surface area contributed by atoms with Crippen LogP contribution in [0.2, 0.25) is 0 Å². The molecular weight excluding hydrogens is 214 g/mol. The van der Waals surface area contributed by atoms with E-state index in [1.54, 1.807) is 0 Å². The van der Waals surface area contributed by atoms with E-state index in [-0.39, 0.29) is 0 Å². The number of ether oxygens (including phenoxy) is 2. The first-order valence-corrected chi connectivity index (χ1v) is 6.40. The maximum Gasteiger partial charge on any atom is 0.119 e. The summed E-state index contributed by atoms with van der Waals surface area (Å²) in [7, 11) is 0. The molecule has 1 fully saturated rings. The first-order valence-electron chi connectivity index (χ1n) is 6.40. The van der Waals surface area contributed by atoms with Crippen molar-refractivity contribution in [3.05, 3.63) is 29.8 Å². The Morgan fingerprint density at radius 1 is 1.41 bits per heavy atom.